The summed E-state index contributed by atoms with van der Waals surface area (Å²) in [5, 5.41) is 0. The predicted octanol–water partition coefficient (Wildman–Crippen LogP) is 2.69. The second-order valence-electron chi connectivity index (χ2n) is 1.47. The normalized spacial score (nSPS) is 11.1. The van der Waals surface area contributed by atoms with E-state index >= 15 is 0 Å². The van der Waals surface area contributed by atoms with Crippen molar-refractivity contribution in [2.45, 2.75) is 13.3 Å². The van der Waals surface area contributed by atoms with Gasteiger partial charge in [0.05, 0.1) is 0 Å². The fraction of sp³-hybridized carbons (Fsp3) is 0.250. The zero-order chi connectivity index (χ0) is 6.24. The zero-order valence-electron chi connectivity index (χ0n) is 5.30. The van der Waals surface area contributed by atoms with Gasteiger partial charge in [-0.3, -0.25) is 0 Å². The lowest BCUT2D eigenvalue weighted by atomic mass is 10.3. The van der Waals surface area contributed by atoms with Crippen LogP contribution in [0.5, 0.6) is 0 Å². The standard InChI is InChI=1S/C8H12/c1-3-5-7-8-6-4-2/h3-7H,1,8H2,2H3/b6-4+,7-5+. The van der Waals surface area contributed by atoms with Crippen LogP contribution in [-0.4, -0.2) is 0 Å². The molecule has 0 aliphatic carbocycles. The molecule has 0 fully saturated rings. The van der Waals surface area contributed by atoms with Gasteiger partial charge in [-0.2, -0.15) is 0 Å². The topological polar surface area (TPSA) is 0 Å². The van der Waals surface area contributed by atoms with Gasteiger partial charge < -0.3 is 0 Å². The molecule has 0 aromatic rings. The summed E-state index contributed by atoms with van der Waals surface area (Å²) in [6.45, 7) is 5.56. The largest absolute Gasteiger partial charge is 0.0991 e. The van der Waals surface area contributed by atoms with Crippen molar-refractivity contribution in [3.8, 4) is 0 Å². The minimum atomic E-state index is 1.02. The van der Waals surface area contributed by atoms with Gasteiger partial charge in [0.25, 0.3) is 0 Å². The molecule has 8 heavy (non-hydrogen) atoms. The highest BCUT2D eigenvalue weighted by Gasteiger charge is 1.62. The first-order valence-electron chi connectivity index (χ1n) is 2.80. The van der Waals surface area contributed by atoms with Gasteiger partial charge in [0.1, 0.15) is 0 Å². The molecule has 0 N–H and O–H groups in total. The van der Waals surface area contributed by atoms with Gasteiger partial charge in [0.15, 0.2) is 0 Å². The molecule has 0 bridgehead atoms. The number of rotatable bonds is 3. The number of allylic oxidation sites excluding steroid dienone is 5. The van der Waals surface area contributed by atoms with Crippen molar-refractivity contribution < 1.29 is 0 Å². The predicted molar refractivity (Wildman–Crippen MR) is 38.8 cm³/mol. The molecule has 0 nitrogen and oxygen atoms in total. The molecule has 0 aromatic carbocycles. The first-order valence-corrected chi connectivity index (χ1v) is 2.80. The minimum Gasteiger partial charge on any atom is -0.0991 e. The molecule has 0 radical (unpaired) electrons. The lowest BCUT2D eigenvalue weighted by molar-refractivity contribution is 1.38. The first kappa shape index (κ1) is 7.22. The van der Waals surface area contributed by atoms with E-state index in [0.29, 0.717) is 0 Å². The zero-order valence-corrected chi connectivity index (χ0v) is 5.30. The second kappa shape index (κ2) is 6.22. The van der Waals surface area contributed by atoms with E-state index in [1.165, 1.54) is 0 Å². The fourth-order valence-electron chi connectivity index (χ4n) is 0.389. The summed E-state index contributed by atoms with van der Waals surface area (Å²) >= 11 is 0. The molecule has 0 amide bonds. The lowest BCUT2D eigenvalue weighted by Gasteiger charge is -1.74. The van der Waals surface area contributed by atoms with Crippen LogP contribution < -0.4 is 0 Å². The third-order valence-corrected chi connectivity index (χ3v) is 0.780. The summed E-state index contributed by atoms with van der Waals surface area (Å²) in [6, 6.07) is 0. The maximum atomic E-state index is 3.55. The molecule has 0 heterocycles. The third kappa shape index (κ3) is 5.22. The Bertz CT molecular complexity index is 96.6. The minimum absolute atomic E-state index is 1.02. The molecule has 0 spiro atoms. The Morgan fingerprint density at radius 1 is 1.38 bits per heavy atom. The summed E-state index contributed by atoms with van der Waals surface area (Å²) in [6.07, 6.45) is 10.9. The van der Waals surface area contributed by atoms with Crippen LogP contribution in [0.25, 0.3) is 0 Å². The summed E-state index contributed by atoms with van der Waals surface area (Å²) < 4.78 is 0. The van der Waals surface area contributed by atoms with Crippen molar-refractivity contribution in [1.29, 1.82) is 0 Å². The van der Waals surface area contributed by atoms with E-state index in [9.17, 15) is 0 Å². The van der Waals surface area contributed by atoms with Gasteiger partial charge in [-0.05, 0) is 13.3 Å². The molecule has 0 aliphatic rings. The Morgan fingerprint density at radius 3 is 2.62 bits per heavy atom. The molecule has 0 aliphatic heterocycles. The van der Waals surface area contributed by atoms with Crippen molar-refractivity contribution in [1.82, 2.24) is 0 Å². The average Bonchev–Trinajstić information content (AvgIpc) is 1.81. The Labute approximate surface area is 51.2 Å². The number of hydrogen-bond acceptors (Lipinski definition) is 0. The quantitative estimate of drug-likeness (QED) is 0.385. The van der Waals surface area contributed by atoms with Gasteiger partial charge in [-0.15, -0.1) is 0 Å². The van der Waals surface area contributed by atoms with E-state index in [1.807, 2.05) is 19.1 Å². The van der Waals surface area contributed by atoms with Crippen LogP contribution in [0, 0.1) is 0 Å². The highest BCUT2D eigenvalue weighted by atomic mass is 13.7. The molecule has 0 unspecified atom stereocenters. The average molecular weight is 108 g/mol. The van der Waals surface area contributed by atoms with Crippen molar-refractivity contribution in [3.05, 3.63) is 37.0 Å². The van der Waals surface area contributed by atoms with Crippen molar-refractivity contribution in [2.75, 3.05) is 0 Å². The highest BCUT2D eigenvalue weighted by Crippen LogP contribution is 1.84. The summed E-state index contributed by atoms with van der Waals surface area (Å²) in [5.41, 5.74) is 0. The van der Waals surface area contributed by atoms with Crippen molar-refractivity contribution in [2.24, 2.45) is 0 Å². The number of hydrogen-bond donors (Lipinski definition) is 0. The van der Waals surface area contributed by atoms with E-state index in [4.69, 9.17) is 0 Å². The van der Waals surface area contributed by atoms with Gasteiger partial charge in [0.2, 0.25) is 0 Å². The van der Waals surface area contributed by atoms with Gasteiger partial charge in [-0.1, -0.05) is 37.0 Å². The third-order valence-electron chi connectivity index (χ3n) is 0.780. The molecule has 0 heteroatoms. The monoisotopic (exact) mass is 108 g/mol. The van der Waals surface area contributed by atoms with E-state index in [0.717, 1.165) is 6.42 Å². The Kier molecular flexibility index (Phi) is 5.61. The molecule has 0 aromatic heterocycles. The molecule has 0 rings (SSSR count). The lowest BCUT2D eigenvalue weighted by Crippen LogP contribution is -1.53. The van der Waals surface area contributed by atoms with E-state index in [2.05, 4.69) is 18.7 Å². The van der Waals surface area contributed by atoms with Crippen LogP contribution in [0.15, 0.2) is 37.0 Å². The van der Waals surface area contributed by atoms with E-state index in [1.54, 1.807) is 6.08 Å². The van der Waals surface area contributed by atoms with E-state index in [-0.39, 0.29) is 0 Å². The summed E-state index contributed by atoms with van der Waals surface area (Å²) in [4.78, 5) is 0. The van der Waals surface area contributed by atoms with Crippen LogP contribution in [-0.2, 0) is 0 Å². The maximum absolute atomic E-state index is 3.55. The molecular formula is C8H12. The Balaban J connectivity index is 3.15. The Morgan fingerprint density at radius 2 is 2.12 bits per heavy atom. The van der Waals surface area contributed by atoms with Gasteiger partial charge >= 0.3 is 0 Å². The first-order chi connectivity index (χ1) is 3.91. The van der Waals surface area contributed by atoms with Crippen molar-refractivity contribution >= 4 is 0 Å². The van der Waals surface area contributed by atoms with Crippen LogP contribution >= 0.6 is 0 Å². The van der Waals surface area contributed by atoms with Crippen LogP contribution in [0.4, 0.5) is 0 Å². The molecule has 0 saturated heterocycles. The van der Waals surface area contributed by atoms with Crippen molar-refractivity contribution in [3.63, 3.8) is 0 Å². The van der Waals surface area contributed by atoms with Crippen LogP contribution in [0.1, 0.15) is 13.3 Å². The van der Waals surface area contributed by atoms with E-state index < -0.39 is 0 Å². The fourth-order valence-corrected chi connectivity index (χ4v) is 0.389. The summed E-state index contributed by atoms with van der Waals surface area (Å²) in [5.74, 6) is 0. The molecule has 44 valence electrons. The Hall–Kier alpha value is -0.780. The van der Waals surface area contributed by atoms with Crippen LogP contribution in [0.3, 0.4) is 0 Å². The highest BCUT2D eigenvalue weighted by molar-refractivity contribution is 5.00. The second-order valence-corrected chi connectivity index (χ2v) is 1.47. The SMILES string of the molecule is C=C/C=C/C/C=C/C. The smallest absolute Gasteiger partial charge is 0.0166 e. The maximum Gasteiger partial charge on any atom is -0.0166 e. The van der Waals surface area contributed by atoms with Gasteiger partial charge in [0, 0.05) is 0 Å². The summed E-state index contributed by atoms with van der Waals surface area (Å²) in [7, 11) is 0. The van der Waals surface area contributed by atoms with Gasteiger partial charge in [-0.25, -0.2) is 0 Å². The molecule has 0 atom stereocenters. The van der Waals surface area contributed by atoms with Crippen LogP contribution in [0.2, 0.25) is 0 Å². The molecule has 0 saturated carbocycles. The molecular weight excluding hydrogens is 96.1 g/mol.